The van der Waals surface area contributed by atoms with Crippen LogP contribution in [0.15, 0.2) is 77.4 Å². The van der Waals surface area contributed by atoms with Gasteiger partial charge in [-0.05, 0) is 71.9 Å². The highest BCUT2D eigenvalue weighted by Crippen LogP contribution is 2.38. The fourth-order valence-corrected chi connectivity index (χ4v) is 7.61. The van der Waals surface area contributed by atoms with E-state index in [0.29, 0.717) is 25.0 Å². The standard InChI is InChI=1S/C45H56N10O10S/c1-43(2,3)63-41(60)46-23-15-20-33(56)47-24-30-25-48-55(53-30)26-31-34(37(57)49-31)51-38(58)35(32-27-66-40(50-32)52-42(61)64-44(4,5)6)54-65-45(21-13-14-22-45)39(59)62-36(28-16-9-7-10-17-28)29-18-11-8-12-19-29/h7-12,16-19,25,27,31,34,36H,13-15,20-24,26H2,1-6H3,(H,46,60)(H,47,56)(H,49,57)(H,51,58)(H,50,52,61)/b54-35-/t31-,34+/m1/s1. The van der Waals surface area contributed by atoms with Crippen molar-refractivity contribution in [3.63, 3.8) is 0 Å². The average molecular weight is 929 g/mol. The molecule has 0 radical (unpaired) electrons. The Morgan fingerprint density at radius 1 is 0.909 bits per heavy atom. The van der Waals surface area contributed by atoms with Crippen LogP contribution in [0.25, 0.3) is 0 Å². The quantitative estimate of drug-likeness (QED) is 0.0219. The number of hydrogen-bond donors (Lipinski definition) is 5. The molecule has 2 aromatic heterocycles. The molecule has 4 aromatic rings. The number of benzene rings is 2. The van der Waals surface area contributed by atoms with E-state index in [-0.39, 0.29) is 61.3 Å². The smallest absolute Gasteiger partial charge is 0.413 e. The van der Waals surface area contributed by atoms with Crippen LogP contribution in [0.2, 0.25) is 0 Å². The van der Waals surface area contributed by atoms with Crippen molar-refractivity contribution in [3.8, 4) is 0 Å². The summed E-state index contributed by atoms with van der Waals surface area (Å²) in [7, 11) is 0. The molecule has 0 bridgehead atoms. The lowest BCUT2D eigenvalue weighted by Crippen LogP contribution is -2.70. The molecule has 0 unspecified atom stereocenters. The Kier molecular flexibility index (Phi) is 15.7. The monoisotopic (exact) mass is 928 g/mol. The second kappa shape index (κ2) is 21.4. The van der Waals surface area contributed by atoms with Crippen molar-refractivity contribution in [2.75, 3.05) is 11.9 Å². The molecule has 0 spiro atoms. The zero-order valence-electron chi connectivity index (χ0n) is 37.8. The topological polar surface area (TPSA) is 255 Å². The summed E-state index contributed by atoms with van der Waals surface area (Å²) in [5, 5.41) is 27.9. The maximum absolute atomic E-state index is 14.3. The van der Waals surface area contributed by atoms with Crippen LogP contribution in [0.1, 0.15) is 109 Å². The van der Waals surface area contributed by atoms with Gasteiger partial charge in [0.15, 0.2) is 16.9 Å². The Labute approximate surface area is 385 Å². The molecular formula is C45H56N10O10S. The third kappa shape index (κ3) is 13.8. The number of anilines is 1. The first-order chi connectivity index (χ1) is 31.4. The Bertz CT molecular complexity index is 2330. The molecule has 2 aromatic carbocycles. The highest BCUT2D eigenvalue weighted by molar-refractivity contribution is 7.14. The van der Waals surface area contributed by atoms with E-state index in [9.17, 15) is 28.8 Å². The molecule has 5 N–H and O–H groups in total. The maximum atomic E-state index is 14.3. The van der Waals surface area contributed by atoms with Gasteiger partial charge in [0.2, 0.25) is 17.4 Å². The molecule has 1 aliphatic heterocycles. The third-order valence-electron chi connectivity index (χ3n) is 10.1. The molecule has 352 valence electrons. The molecule has 2 aliphatic rings. The van der Waals surface area contributed by atoms with E-state index in [1.807, 2.05) is 60.7 Å². The van der Waals surface area contributed by atoms with Gasteiger partial charge in [-0.1, -0.05) is 65.8 Å². The minimum atomic E-state index is -1.56. The first-order valence-corrected chi connectivity index (χ1v) is 22.5. The summed E-state index contributed by atoms with van der Waals surface area (Å²) in [6.45, 7) is 10.8. The number of rotatable bonds is 18. The van der Waals surface area contributed by atoms with Gasteiger partial charge in [-0.2, -0.15) is 15.0 Å². The number of aromatic nitrogens is 4. The van der Waals surface area contributed by atoms with Crippen LogP contribution in [-0.4, -0.2) is 97.0 Å². The number of hydrogen-bond acceptors (Lipinski definition) is 15. The van der Waals surface area contributed by atoms with E-state index in [1.54, 1.807) is 41.5 Å². The number of amides is 5. The molecule has 1 aliphatic carbocycles. The van der Waals surface area contributed by atoms with Crippen molar-refractivity contribution in [1.29, 1.82) is 0 Å². The first kappa shape index (κ1) is 48.6. The zero-order valence-corrected chi connectivity index (χ0v) is 38.6. The second-order valence-corrected chi connectivity index (χ2v) is 18.6. The molecule has 5 amide bonds. The maximum Gasteiger partial charge on any atom is 0.413 e. The Morgan fingerprint density at radius 2 is 1.55 bits per heavy atom. The number of oxime groups is 1. The number of ether oxygens (including phenoxy) is 3. The van der Waals surface area contributed by atoms with Crippen LogP contribution in [0.3, 0.4) is 0 Å². The summed E-state index contributed by atoms with van der Waals surface area (Å²) in [5.41, 5.74) is -1.39. The van der Waals surface area contributed by atoms with E-state index in [4.69, 9.17) is 19.0 Å². The number of esters is 1. The number of thiazole rings is 1. The highest BCUT2D eigenvalue weighted by atomic mass is 32.1. The van der Waals surface area contributed by atoms with Gasteiger partial charge in [-0.3, -0.25) is 19.7 Å². The van der Waals surface area contributed by atoms with Gasteiger partial charge in [-0.25, -0.2) is 19.4 Å². The Morgan fingerprint density at radius 3 is 2.17 bits per heavy atom. The summed E-state index contributed by atoms with van der Waals surface area (Å²) in [6.07, 6.45) is 1.71. The number of β-lactam (4-membered cyclic amide) rings is 1. The molecule has 6 rings (SSSR count). The summed E-state index contributed by atoms with van der Waals surface area (Å²) < 4.78 is 16.8. The minimum absolute atomic E-state index is 0.00691. The van der Waals surface area contributed by atoms with Gasteiger partial charge in [0.1, 0.15) is 28.6 Å². The number of carbonyl (C=O) groups excluding carboxylic acids is 6. The van der Waals surface area contributed by atoms with Gasteiger partial charge in [0.25, 0.3) is 5.91 Å². The number of carbonyl (C=O) groups is 6. The van der Waals surface area contributed by atoms with Crippen LogP contribution in [-0.2, 0) is 51.3 Å². The first-order valence-electron chi connectivity index (χ1n) is 21.6. The van der Waals surface area contributed by atoms with E-state index in [0.717, 1.165) is 22.5 Å². The largest absolute Gasteiger partial charge is 0.450 e. The average Bonchev–Trinajstić information content (AvgIpc) is 4.05. The fourth-order valence-electron chi connectivity index (χ4n) is 6.92. The number of nitrogens with zero attached hydrogens (tertiary/aromatic N) is 5. The number of alkyl carbamates (subject to hydrolysis) is 1. The van der Waals surface area contributed by atoms with Crippen molar-refractivity contribution >= 4 is 58.1 Å². The summed E-state index contributed by atoms with van der Waals surface area (Å²) in [4.78, 5) is 90.1. The summed E-state index contributed by atoms with van der Waals surface area (Å²) >= 11 is 0.997. The van der Waals surface area contributed by atoms with Crippen molar-refractivity contribution in [2.24, 2.45) is 5.16 Å². The molecule has 1 saturated heterocycles. The molecule has 66 heavy (non-hydrogen) atoms. The normalized spacial score (nSPS) is 16.9. The van der Waals surface area contributed by atoms with Crippen molar-refractivity contribution in [1.82, 2.24) is 41.2 Å². The lowest BCUT2D eigenvalue weighted by atomic mass is 9.98. The number of nitrogens with one attached hydrogen (secondary N) is 5. The van der Waals surface area contributed by atoms with Gasteiger partial charge < -0.3 is 40.3 Å². The van der Waals surface area contributed by atoms with Crippen LogP contribution in [0, 0.1) is 0 Å². The van der Waals surface area contributed by atoms with Crippen LogP contribution in [0.5, 0.6) is 0 Å². The molecule has 3 heterocycles. The van der Waals surface area contributed by atoms with Crippen LogP contribution < -0.4 is 26.6 Å². The van der Waals surface area contributed by atoms with Crippen LogP contribution in [0.4, 0.5) is 14.7 Å². The van der Waals surface area contributed by atoms with Crippen LogP contribution >= 0.6 is 11.3 Å². The van der Waals surface area contributed by atoms with E-state index in [1.165, 1.54) is 16.4 Å². The van der Waals surface area contributed by atoms with Gasteiger partial charge >= 0.3 is 18.2 Å². The van der Waals surface area contributed by atoms with Gasteiger partial charge in [0, 0.05) is 31.2 Å². The molecule has 1 saturated carbocycles. The lowest BCUT2D eigenvalue weighted by Gasteiger charge is -2.36. The summed E-state index contributed by atoms with van der Waals surface area (Å²) in [5.74, 6) is -2.25. The van der Waals surface area contributed by atoms with E-state index < -0.39 is 65.0 Å². The highest BCUT2D eigenvalue weighted by Gasteiger charge is 2.48. The van der Waals surface area contributed by atoms with Crippen molar-refractivity contribution in [2.45, 2.75) is 128 Å². The third-order valence-corrected chi connectivity index (χ3v) is 10.8. The predicted octanol–water partition coefficient (Wildman–Crippen LogP) is 5.05. The minimum Gasteiger partial charge on any atom is -0.450 e. The van der Waals surface area contributed by atoms with Gasteiger partial charge in [-0.15, -0.1) is 11.3 Å². The van der Waals surface area contributed by atoms with Crippen molar-refractivity contribution < 1.29 is 47.8 Å². The van der Waals surface area contributed by atoms with Crippen molar-refractivity contribution in [3.05, 3.63) is 94.8 Å². The second-order valence-electron chi connectivity index (χ2n) is 17.8. The lowest BCUT2D eigenvalue weighted by molar-refractivity contribution is -0.176. The Balaban J connectivity index is 1.13. The SMILES string of the molecule is CC(C)(C)OC(=O)NCCCC(=O)NCc1cnn(C[C@H]2NC(=O)[C@H]2NC(=O)/C(=N\OC2(C(=O)OC(c3ccccc3)c3ccccc3)CCCC2)c2csc(NC(=O)OC(C)(C)C)n2)n1. The van der Waals surface area contributed by atoms with E-state index >= 15 is 0 Å². The predicted molar refractivity (Wildman–Crippen MR) is 241 cm³/mol. The van der Waals surface area contributed by atoms with E-state index in [2.05, 4.69) is 46.9 Å². The molecule has 2 atom stereocenters. The summed E-state index contributed by atoms with van der Waals surface area (Å²) in [6, 6.07) is 16.9. The molecular weight excluding hydrogens is 873 g/mol. The molecule has 21 heteroatoms. The zero-order chi connectivity index (χ0) is 47.5. The fraction of sp³-hybridized carbons (Fsp3) is 0.467. The van der Waals surface area contributed by atoms with Gasteiger partial charge in [0.05, 0.1) is 25.3 Å². The molecule has 20 nitrogen and oxygen atoms in total. The Hall–Kier alpha value is -6.90. The molecule has 2 fully saturated rings.